The van der Waals surface area contributed by atoms with Crippen LogP contribution in [0, 0.1) is 11.3 Å². The van der Waals surface area contributed by atoms with Crippen LogP contribution in [-0.2, 0) is 16.1 Å². The summed E-state index contributed by atoms with van der Waals surface area (Å²) in [7, 11) is 0. The third-order valence-electron chi connectivity index (χ3n) is 8.14. The van der Waals surface area contributed by atoms with Gasteiger partial charge < -0.3 is 9.30 Å². The second kappa shape index (κ2) is 12.7. The van der Waals surface area contributed by atoms with Gasteiger partial charge in [-0.15, -0.1) is 0 Å². The zero-order chi connectivity index (χ0) is 32.5. The molecule has 0 spiro atoms. The number of carbonyl (C=O) groups excluding carboxylic acids is 1. The Balaban J connectivity index is 1.45. The maximum Gasteiger partial charge on any atom is 0.338 e. The molecule has 1 atom stereocenters. The molecule has 0 aliphatic carbocycles. The molecule has 230 valence electrons. The number of rotatable bonds is 7. The number of esters is 1. The van der Waals surface area contributed by atoms with Crippen molar-refractivity contribution in [2.75, 3.05) is 6.61 Å². The van der Waals surface area contributed by atoms with Gasteiger partial charge in [0.25, 0.3) is 5.56 Å². The predicted octanol–water partition coefficient (Wildman–Crippen LogP) is 6.46. The van der Waals surface area contributed by atoms with Crippen LogP contribution in [0.25, 0.3) is 22.7 Å². The molecule has 7 rings (SSSR count). The lowest BCUT2D eigenvalue weighted by molar-refractivity contribution is -0.138. The van der Waals surface area contributed by atoms with Crippen LogP contribution in [0.2, 0.25) is 5.02 Å². The third-order valence-corrected chi connectivity index (χ3v) is 9.38. The molecule has 0 radical (unpaired) electrons. The minimum absolute atomic E-state index is 0.172. The first-order valence-electron chi connectivity index (χ1n) is 15.1. The highest BCUT2D eigenvalue weighted by molar-refractivity contribution is 7.07. The number of nitrogens with zero attached hydrogens (tertiary/aromatic N) is 4. The minimum atomic E-state index is -0.788. The summed E-state index contributed by atoms with van der Waals surface area (Å²) < 4.78 is 9.71. The van der Waals surface area contributed by atoms with E-state index in [-0.39, 0.29) is 17.7 Å². The average Bonchev–Trinajstić information content (AvgIpc) is 3.61. The van der Waals surface area contributed by atoms with E-state index in [0.717, 1.165) is 27.6 Å². The molecule has 0 fully saturated rings. The van der Waals surface area contributed by atoms with Crippen molar-refractivity contribution in [3.63, 3.8) is 0 Å². The highest BCUT2D eigenvalue weighted by Crippen LogP contribution is 2.35. The van der Waals surface area contributed by atoms with Crippen LogP contribution >= 0.6 is 22.9 Å². The summed E-state index contributed by atoms with van der Waals surface area (Å²) >= 11 is 7.53. The molecule has 3 heterocycles. The maximum absolute atomic E-state index is 14.4. The van der Waals surface area contributed by atoms with E-state index in [1.165, 1.54) is 11.3 Å². The summed E-state index contributed by atoms with van der Waals surface area (Å²) in [6.07, 6.45) is 3.89. The Kier molecular flexibility index (Phi) is 8.17. The zero-order valence-corrected chi connectivity index (χ0v) is 26.8. The molecule has 0 unspecified atom stereocenters. The van der Waals surface area contributed by atoms with Crippen LogP contribution in [0.5, 0.6) is 0 Å². The Morgan fingerprint density at radius 2 is 1.72 bits per heavy atom. The molecule has 0 bridgehead atoms. The van der Waals surface area contributed by atoms with E-state index in [9.17, 15) is 14.9 Å². The number of para-hydroxylation sites is 1. The van der Waals surface area contributed by atoms with E-state index in [0.29, 0.717) is 37.7 Å². The minimum Gasteiger partial charge on any atom is -0.463 e. The van der Waals surface area contributed by atoms with Crippen molar-refractivity contribution in [1.29, 1.82) is 5.26 Å². The normalized spacial score (nSPS) is 14.5. The molecule has 6 aromatic rings. The summed E-state index contributed by atoms with van der Waals surface area (Å²) in [6.45, 7) is 2.42. The number of fused-ring (bicyclic) bond motifs is 2. The number of halogens is 1. The van der Waals surface area contributed by atoms with Gasteiger partial charge in [-0.25, -0.2) is 9.79 Å². The summed E-state index contributed by atoms with van der Waals surface area (Å²) in [4.78, 5) is 33.5. The molecule has 7 nitrogen and oxygen atoms in total. The van der Waals surface area contributed by atoms with Crippen molar-refractivity contribution in [1.82, 2.24) is 9.13 Å². The van der Waals surface area contributed by atoms with E-state index in [4.69, 9.17) is 21.3 Å². The van der Waals surface area contributed by atoms with Gasteiger partial charge in [-0.1, -0.05) is 102 Å². The highest BCUT2D eigenvalue weighted by atomic mass is 35.5. The molecule has 0 N–H and O–H groups in total. The molecule has 1 aliphatic heterocycles. The van der Waals surface area contributed by atoms with Gasteiger partial charge in [0.2, 0.25) is 0 Å². The molecular weight excluding hydrogens is 628 g/mol. The second-order valence-corrected chi connectivity index (χ2v) is 12.4. The smallest absolute Gasteiger partial charge is 0.338 e. The number of thiazole rings is 1. The molecule has 0 saturated heterocycles. The largest absolute Gasteiger partial charge is 0.463 e. The van der Waals surface area contributed by atoms with Gasteiger partial charge in [-0.05, 0) is 48.4 Å². The number of ether oxygens (including phenoxy) is 1. The van der Waals surface area contributed by atoms with Crippen LogP contribution in [0.4, 0.5) is 0 Å². The van der Waals surface area contributed by atoms with Crippen LogP contribution in [0.3, 0.4) is 0 Å². The van der Waals surface area contributed by atoms with Crippen LogP contribution < -0.4 is 14.9 Å². The quantitative estimate of drug-likeness (QED) is 0.185. The number of hydrogen-bond acceptors (Lipinski definition) is 6. The Labute approximate surface area is 279 Å². The number of nitriles is 1. The summed E-state index contributed by atoms with van der Waals surface area (Å²) in [5.41, 5.74) is 5.30. The van der Waals surface area contributed by atoms with Crippen LogP contribution in [-0.4, -0.2) is 21.7 Å². The summed E-state index contributed by atoms with van der Waals surface area (Å²) in [6, 6.07) is 33.6. The lowest BCUT2D eigenvalue weighted by Crippen LogP contribution is -2.40. The lowest BCUT2D eigenvalue weighted by atomic mass is 9.93. The van der Waals surface area contributed by atoms with Crippen molar-refractivity contribution in [2.24, 2.45) is 4.99 Å². The summed E-state index contributed by atoms with van der Waals surface area (Å²) in [5, 5.41) is 11.2. The van der Waals surface area contributed by atoms with Crippen molar-refractivity contribution in [3.05, 3.63) is 167 Å². The van der Waals surface area contributed by atoms with Gasteiger partial charge in [0.05, 0.1) is 40.1 Å². The fraction of sp³-hybridized carbons (Fsp3) is 0.105. The van der Waals surface area contributed by atoms with Crippen molar-refractivity contribution < 1.29 is 9.53 Å². The number of aromatic nitrogens is 2. The van der Waals surface area contributed by atoms with Gasteiger partial charge in [-0.3, -0.25) is 9.36 Å². The Morgan fingerprint density at radius 1 is 1.00 bits per heavy atom. The van der Waals surface area contributed by atoms with E-state index in [1.807, 2.05) is 103 Å². The van der Waals surface area contributed by atoms with Gasteiger partial charge in [-0.2, -0.15) is 5.26 Å². The van der Waals surface area contributed by atoms with Gasteiger partial charge in [0.15, 0.2) is 4.80 Å². The zero-order valence-electron chi connectivity index (χ0n) is 25.3. The Morgan fingerprint density at radius 3 is 2.49 bits per heavy atom. The fourth-order valence-electron chi connectivity index (χ4n) is 6.01. The highest BCUT2D eigenvalue weighted by Gasteiger charge is 2.35. The van der Waals surface area contributed by atoms with E-state index in [2.05, 4.69) is 10.6 Å². The molecule has 1 aliphatic rings. The topological polar surface area (TPSA) is 89.4 Å². The maximum atomic E-state index is 14.4. The molecule has 2 aromatic heterocycles. The number of hydrogen-bond donors (Lipinski definition) is 0. The van der Waals surface area contributed by atoms with Crippen molar-refractivity contribution in [3.8, 4) is 6.07 Å². The van der Waals surface area contributed by atoms with Gasteiger partial charge in [0.1, 0.15) is 0 Å². The average molecular weight is 655 g/mol. The fourth-order valence-corrected chi connectivity index (χ4v) is 7.13. The third kappa shape index (κ3) is 5.61. The second-order valence-electron chi connectivity index (χ2n) is 11.0. The molecule has 9 heteroatoms. The lowest BCUT2D eigenvalue weighted by Gasteiger charge is -2.25. The first-order chi connectivity index (χ1) is 23.0. The molecule has 0 amide bonds. The standard InChI is InChI=1S/C38H27ClN4O3S/c1-2-46-37(45)33-34(24-10-4-3-5-11-24)41-38-43(35(33)25-16-18-29(39)19-17-25)36(44)32(47-38)20-28-23-42(31-15-9-8-14-30(28)31)22-27-13-7-6-12-26(27)21-40/h3-20,23,35H,2,22H2,1H3/b32-20+/t35-/m0/s1. The van der Waals surface area contributed by atoms with Crippen molar-refractivity contribution >= 4 is 51.6 Å². The first kappa shape index (κ1) is 30.2. The van der Waals surface area contributed by atoms with E-state index < -0.39 is 12.0 Å². The monoisotopic (exact) mass is 654 g/mol. The van der Waals surface area contributed by atoms with Crippen LogP contribution in [0.15, 0.2) is 125 Å². The molecule has 4 aromatic carbocycles. The van der Waals surface area contributed by atoms with Crippen LogP contribution in [0.1, 0.15) is 40.8 Å². The van der Waals surface area contributed by atoms with E-state index in [1.54, 1.807) is 23.6 Å². The number of carbonyl (C=O) groups is 1. The van der Waals surface area contributed by atoms with E-state index >= 15 is 0 Å². The SMILES string of the molecule is CCOC(=O)C1=C(c2ccccc2)N=c2s/c(=C/c3cn(Cc4ccccc4C#N)c4ccccc34)c(=O)n2[C@H]1c1ccc(Cl)cc1. The van der Waals surface area contributed by atoms with Gasteiger partial charge in [0, 0.05) is 39.8 Å². The predicted molar refractivity (Wildman–Crippen MR) is 185 cm³/mol. The first-order valence-corrected chi connectivity index (χ1v) is 16.3. The Hall–Kier alpha value is -5.49. The van der Waals surface area contributed by atoms with Crippen molar-refractivity contribution in [2.45, 2.75) is 19.5 Å². The molecule has 0 saturated carbocycles. The summed E-state index contributed by atoms with van der Waals surface area (Å²) in [5.74, 6) is -0.537. The Bertz CT molecular complexity index is 2420. The molecule has 47 heavy (non-hydrogen) atoms. The van der Waals surface area contributed by atoms with Gasteiger partial charge >= 0.3 is 5.97 Å². The molecular formula is C38H27ClN4O3S. The number of benzene rings is 4.